The molecule has 8 heteroatoms. The van der Waals surface area contributed by atoms with Crippen molar-refractivity contribution in [2.45, 2.75) is 13.5 Å². The predicted molar refractivity (Wildman–Crippen MR) is 113 cm³/mol. The Balaban J connectivity index is 1.86. The minimum atomic E-state index is -0.342. The normalized spacial score (nSPS) is 15.7. The number of imide groups is 1. The molecule has 1 aliphatic rings. The van der Waals surface area contributed by atoms with E-state index in [1.807, 2.05) is 31.2 Å². The first-order valence-corrected chi connectivity index (χ1v) is 10.4. The van der Waals surface area contributed by atoms with Crippen LogP contribution in [0.3, 0.4) is 0 Å². The van der Waals surface area contributed by atoms with E-state index < -0.39 is 0 Å². The summed E-state index contributed by atoms with van der Waals surface area (Å²) in [4.78, 5) is 26.5. The second kappa shape index (κ2) is 8.50. The van der Waals surface area contributed by atoms with Crippen molar-refractivity contribution in [1.82, 2.24) is 4.90 Å². The molecule has 1 fully saturated rings. The molecule has 2 amide bonds. The third-order valence-corrected chi connectivity index (χ3v) is 5.92. The van der Waals surface area contributed by atoms with Crippen molar-refractivity contribution >= 4 is 60.8 Å². The Hall–Kier alpha value is -1.77. The van der Waals surface area contributed by atoms with E-state index in [2.05, 4.69) is 31.9 Å². The number of hydrogen-bond acceptors (Lipinski definition) is 5. The van der Waals surface area contributed by atoms with E-state index in [9.17, 15) is 14.7 Å². The van der Waals surface area contributed by atoms with Gasteiger partial charge in [0.05, 0.1) is 18.1 Å². The second-order valence-corrected chi connectivity index (χ2v) is 8.43. The van der Waals surface area contributed by atoms with E-state index in [0.717, 1.165) is 21.8 Å². The summed E-state index contributed by atoms with van der Waals surface area (Å²) >= 11 is 7.63. The molecule has 0 aromatic heterocycles. The number of hydrogen-bond donors (Lipinski definition) is 1. The molecule has 0 atom stereocenters. The van der Waals surface area contributed by atoms with Crippen molar-refractivity contribution < 1.29 is 19.4 Å². The molecule has 3 rings (SSSR count). The summed E-state index contributed by atoms with van der Waals surface area (Å²) in [5, 5.41) is 9.60. The van der Waals surface area contributed by atoms with Crippen molar-refractivity contribution in [3.05, 3.63) is 61.4 Å². The van der Waals surface area contributed by atoms with Crippen molar-refractivity contribution in [1.29, 1.82) is 0 Å². The highest BCUT2D eigenvalue weighted by atomic mass is 79.9. The zero-order valence-corrected chi connectivity index (χ0v) is 18.2. The molecule has 1 N–H and O–H groups in total. The molecule has 27 heavy (non-hydrogen) atoms. The minimum Gasteiger partial charge on any atom is -0.504 e. The minimum absolute atomic E-state index is 0.00391. The number of rotatable bonds is 5. The first-order valence-electron chi connectivity index (χ1n) is 8.04. The number of ether oxygens (including phenoxy) is 1. The summed E-state index contributed by atoms with van der Waals surface area (Å²) in [6, 6.07) is 10.6. The standard InChI is InChI=1S/C19H15Br2NO4S/c1-2-26-16-7-12(14(21)9-15(16)23)8-17-18(24)22(19(25)27-17)10-11-3-5-13(20)6-4-11/h3-9,23H,2,10H2,1H3/b17-8-. The van der Waals surface area contributed by atoms with E-state index in [1.165, 1.54) is 11.0 Å². The van der Waals surface area contributed by atoms with Crippen LogP contribution in [0.25, 0.3) is 6.08 Å². The van der Waals surface area contributed by atoms with Crippen LogP contribution in [0.4, 0.5) is 4.79 Å². The predicted octanol–water partition coefficient (Wildman–Crippen LogP) is 5.55. The van der Waals surface area contributed by atoms with Gasteiger partial charge in [-0.1, -0.05) is 44.0 Å². The SMILES string of the molecule is CCOc1cc(/C=C2\SC(=O)N(Cc3ccc(Br)cc3)C2=O)c(Br)cc1O. The second-order valence-electron chi connectivity index (χ2n) is 5.67. The van der Waals surface area contributed by atoms with Crippen LogP contribution in [-0.4, -0.2) is 27.8 Å². The summed E-state index contributed by atoms with van der Waals surface area (Å²) in [6.07, 6.45) is 1.62. The number of phenols is 1. The first kappa shape index (κ1) is 20.0. The molecule has 0 unspecified atom stereocenters. The first-order chi connectivity index (χ1) is 12.9. The Bertz CT molecular complexity index is 928. The molecule has 0 bridgehead atoms. The van der Waals surface area contributed by atoms with Crippen molar-refractivity contribution in [2.75, 3.05) is 6.61 Å². The highest BCUT2D eigenvalue weighted by Crippen LogP contribution is 2.38. The van der Waals surface area contributed by atoms with Gasteiger partial charge in [0, 0.05) is 8.95 Å². The molecule has 1 aliphatic heterocycles. The fraction of sp³-hybridized carbons (Fsp3) is 0.158. The van der Waals surface area contributed by atoms with Crippen LogP contribution < -0.4 is 4.74 Å². The van der Waals surface area contributed by atoms with Crippen LogP contribution in [-0.2, 0) is 11.3 Å². The van der Waals surface area contributed by atoms with E-state index in [1.54, 1.807) is 12.1 Å². The summed E-state index contributed by atoms with van der Waals surface area (Å²) in [6.45, 7) is 2.43. The van der Waals surface area contributed by atoms with Crippen molar-refractivity contribution in [3.8, 4) is 11.5 Å². The number of carbonyl (C=O) groups excluding carboxylic acids is 2. The maximum Gasteiger partial charge on any atom is 0.293 e. The topological polar surface area (TPSA) is 66.8 Å². The maximum atomic E-state index is 12.7. The van der Waals surface area contributed by atoms with Crippen LogP contribution in [0.15, 0.2) is 50.2 Å². The molecule has 1 heterocycles. The van der Waals surface area contributed by atoms with Crippen LogP contribution in [0.1, 0.15) is 18.1 Å². The van der Waals surface area contributed by atoms with E-state index in [4.69, 9.17) is 4.74 Å². The number of amides is 2. The fourth-order valence-electron chi connectivity index (χ4n) is 2.49. The average molecular weight is 513 g/mol. The van der Waals surface area contributed by atoms with Gasteiger partial charge in [0.2, 0.25) is 0 Å². The lowest BCUT2D eigenvalue weighted by Crippen LogP contribution is -2.27. The lowest BCUT2D eigenvalue weighted by atomic mass is 10.1. The molecule has 140 valence electrons. The van der Waals surface area contributed by atoms with Gasteiger partial charge in [-0.15, -0.1) is 0 Å². The quantitative estimate of drug-likeness (QED) is 0.532. The van der Waals surface area contributed by atoms with Crippen LogP contribution in [0, 0.1) is 0 Å². The molecular weight excluding hydrogens is 498 g/mol. The Morgan fingerprint density at radius 2 is 1.89 bits per heavy atom. The maximum absolute atomic E-state index is 12.7. The highest BCUT2D eigenvalue weighted by molar-refractivity contribution is 9.10. The van der Waals surface area contributed by atoms with Gasteiger partial charge >= 0.3 is 0 Å². The monoisotopic (exact) mass is 511 g/mol. The van der Waals surface area contributed by atoms with Crippen LogP contribution in [0.5, 0.6) is 11.5 Å². The van der Waals surface area contributed by atoms with E-state index in [-0.39, 0.29) is 23.4 Å². The molecule has 0 spiro atoms. The van der Waals surface area contributed by atoms with Gasteiger partial charge in [0.25, 0.3) is 11.1 Å². The molecular formula is C19H15Br2NO4S. The fourth-order valence-corrected chi connectivity index (χ4v) is 4.03. The third-order valence-electron chi connectivity index (χ3n) is 3.79. The molecule has 2 aromatic rings. The van der Waals surface area contributed by atoms with E-state index >= 15 is 0 Å². The Labute approximate surface area is 177 Å². The Kier molecular flexibility index (Phi) is 6.29. The van der Waals surface area contributed by atoms with E-state index in [0.29, 0.717) is 27.3 Å². The largest absolute Gasteiger partial charge is 0.504 e. The lowest BCUT2D eigenvalue weighted by molar-refractivity contribution is -0.123. The molecule has 2 aromatic carbocycles. The van der Waals surface area contributed by atoms with Gasteiger partial charge in [-0.05, 0) is 60.2 Å². The van der Waals surface area contributed by atoms with Gasteiger partial charge in [-0.3, -0.25) is 14.5 Å². The molecule has 5 nitrogen and oxygen atoms in total. The Morgan fingerprint density at radius 3 is 2.56 bits per heavy atom. The zero-order valence-electron chi connectivity index (χ0n) is 14.2. The molecule has 1 saturated heterocycles. The highest BCUT2D eigenvalue weighted by Gasteiger charge is 2.35. The molecule has 0 radical (unpaired) electrons. The number of aromatic hydroxyl groups is 1. The molecule has 0 saturated carbocycles. The number of benzene rings is 2. The Morgan fingerprint density at radius 1 is 1.19 bits per heavy atom. The summed E-state index contributed by atoms with van der Waals surface area (Å²) in [7, 11) is 0. The summed E-state index contributed by atoms with van der Waals surface area (Å²) < 4.78 is 6.91. The zero-order chi connectivity index (χ0) is 19.6. The van der Waals surface area contributed by atoms with Gasteiger partial charge < -0.3 is 9.84 Å². The smallest absolute Gasteiger partial charge is 0.293 e. The average Bonchev–Trinajstić information content (AvgIpc) is 2.88. The van der Waals surface area contributed by atoms with Gasteiger partial charge in [0.15, 0.2) is 11.5 Å². The van der Waals surface area contributed by atoms with Gasteiger partial charge in [-0.25, -0.2) is 0 Å². The number of phenolic OH excluding ortho intramolecular Hbond substituents is 1. The number of carbonyl (C=O) groups is 2. The molecule has 0 aliphatic carbocycles. The van der Waals surface area contributed by atoms with Gasteiger partial charge in [0.1, 0.15) is 0 Å². The van der Waals surface area contributed by atoms with Crippen molar-refractivity contribution in [2.24, 2.45) is 0 Å². The number of nitrogens with zero attached hydrogens (tertiary/aromatic N) is 1. The number of thioether (sulfide) groups is 1. The van der Waals surface area contributed by atoms with Gasteiger partial charge in [-0.2, -0.15) is 0 Å². The lowest BCUT2D eigenvalue weighted by Gasteiger charge is -2.12. The van der Waals surface area contributed by atoms with Crippen LogP contribution >= 0.6 is 43.6 Å². The van der Waals surface area contributed by atoms with Crippen LogP contribution in [0.2, 0.25) is 0 Å². The summed E-state index contributed by atoms with van der Waals surface area (Å²) in [5.41, 5.74) is 1.51. The third kappa shape index (κ3) is 4.56. The summed E-state index contributed by atoms with van der Waals surface area (Å²) in [5.74, 6) is -0.0175. The number of halogens is 2. The van der Waals surface area contributed by atoms with Crippen molar-refractivity contribution in [3.63, 3.8) is 0 Å².